The van der Waals surface area contributed by atoms with Gasteiger partial charge >= 0.3 is 0 Å². The normalized spacial score (nSPS) is 10.8. The smallest absolute Gasteiger partial charge is 0.161 e. The quantitative estimate of drug-likeness (QED) is 0.581. The van der Waals surface area contributed by atoms with Gasteiger partial charge in [-0.05, 0) is 43.3 Å². The molecule has 0 N–H and O–H groups in total. The Balaban J connectivity index is 0.00000208. The maximum Gasteiger partial charge on any atom is 0.161 e. The van der Waals surface area contributed by atoms with Gasteiger partial charge in [0.25, 0.3) is 0 Å². The van der Waals surface area contributed by atoms with Crippen LogP contribution in [0.25, 0.3) is 0 Å². The van der Waals surface area contributed by atoms with Crippen molar-refractivity contribution in [3.63, 3.8) is 0 Å². The van der Waals surface area contributed by atoms with Gasteiger partial charge in [-0.2, -0.15) is 0 Å². The summed E-state index contributed by atoms with van der Waals surface area (Å²) in [6.45, 7) is 2.29. The minimum atomic E-state index is -1.71. The van der Waals surface area contributed by atoms with Crippen molar-refractivity contribution in [3.8, 4) is 5.75 Å². The summed E-state index contributed by atoms with van der Waals surface area (Å²) >= 11 is 0. The van der Waals surface area contributed by atoms with Crippen molar-refractivity contribution in [2.75, 3.05) is 13.3 Å². The predicted molar refractivity (Wildman–Crippen MR) is 102 cm³/mol. The number of hydrogen-bond donors (Lipinski definition) is 0. The fraction of sp³-hybridized carbons (Fsp3) is 0.143. The third-order valence-corrected chi connectivity index (χ3v) is 8.86. The molecule has 0 spiro atoms. The highest BCUT2D eigenvalue weighted by molar-refractivity contribution is 7.95. The summed E-state index contributed by atoms with van der Waals surface area (Å²) in [5.41, 5.74) is 0. The highest BCUT2D eigenvalue weighted by Gasteiger charge is 2.45. The van der Waals surface area contributed by atoms with Crippen LogP contribution in [-0.4, -0.2) is 13.3 Å². The third-order valence-electron chi connectivity index (χ3n) is 4.36. The van der Waals surface area contributed by atoms with Gasteiger partial charge in [-0.1, -0.05) is 48.5 Å². The highest BCUT2D eigenvalue weighted by Crippen LogP contribution is 2.56. The lowest BCUT2D eigenvalue weighted by Crippen LogP contribution is -3.00. The molecule has 0 aliphatic rings. The monoisotopic (exact) mass is 400 g/mol. The van der Waals surface area contributed by atoms with Crippen LogP contribution in [0.1, 0.15) is 6.92 Å². The Bertz CT molecular complexity index is 720. The second-order valence-electron chi connectivity index (χ2n) is 5.47. The molecule has 0 aromatic heterocycles. The fourth-order valence-electron chi connectivity index (χ4n) is 3.27. The van der Waals surface area contributed by atoms with Crippen molar-refractivity contribution < 1.29 is 21.7 Å². The van der Waals surface area contributed by atoms with Gasteiger partial charge in [-0.3, -0.25) is 0 Å². The lowest BCUT2D eigenvalue weighted by Gasteiger charge is -2.27. The van der Waals surface area contributed by atoms with Crippen LogP contribution in [0.15, 0.2) is 84.9 Å². The Morgan fingerprint density at radius 3 is 1.62 bits per heavy atom. The lowest BCUT2D eigenvalue weighted by atomic mass is 10.3. The van der Waals surface area contributed by atoms with E-state index in [1.165, 1.54) is 15.9 Å². The molecule has 0 fully saturated rings. The van der Waals surface area contributed by atoms with Crippen molar-refractivity contribution in [2.24, 2.45) is 0 Å². The number of para-hydroxylation sites is 1. The van der Waals surface area contributed by atoms with E-state index in [0.717, 1.165) is 11.9 Å². The molecular formula is C21H22BrOP. The van der Waals surface area contributed by atoms with Crippen molar-refractivity contribution in [3.05, 3.63) is 84.9 Å². The van der Waals surface area contributed by atoms with Crippen molar-refractivity contribution in [1.82, 2.24) is 0 Å². The fourth-order valence-corrected chi connectivity index (χ4v) is 7.44. The molecule has 3 aromatic carbocycles. The summed E-state index contributed by atoms with van der Waals surface area (Å²) in [7, 11) is 0.0498. The zero-order valence-corrected chi connectivity index (χ0v) is 16.5. The first-order chi connectivity index (χ1) is 11.3. The van der Waals surface area contributed by atoms with Gasteiger partial charge in [0, 0.05) is 0 Å². The maximum absolute atomic E-state index is 5.72. The van der Waals surface area contributed by atoms with E-state index in [4.69, 9.17) is 4.74 Å². The second-order valence-corrected chi connectivity index (χ2v) is 9.24. The molecule has 0 unspecified atom stereocenters. The van der Waals surface area contributed by atoms with Gasteiger partial charge in [0.2, 0.25) is 0 Å². The number of benzene rings is 3. The van der Waals surface area contributed by atoms with Crippen molar-refractivity contribution >= 4 is 23.2 Å². The molecule has 3 aromatic rings. The number of methoxy groups -OCH3 is 1. The second kappa shape index (κ2) is 8.46. The number of hydrogen-bond acceptors (Lipinski definition) is 1. The van der Waals surface area contributed by atoms with Crippen molar-refractivity contribution in [2.45, 2.75) is 6.92 Å². The van der Waals surface area contributed by atoms with Crippen LogP contribution in [0.4, 0.5) is 0 Å². The summed E-state index contributed by atoms with van der Waals surface area (Å²) in [4.78, 5) is 0. The Labute approximate surface area is 155 Å². The van der Waals surface area contributed by atoms with Crippen LogP contribution >= 0.6 is 7.26 Å². The van der Waals surface area contributed by atoms with E-state index in [-0.39, 0.29) is 17.0 Å². The maximum atomic E-state index is 5.72. The van der Waals surface area contributed by atoms with Gasteiger partial charge in [0.1, 0.15) is 23.2 Å². The van der Waals surface area contributed by atoms with Crippen LogP contribution in [-0.2, 0) is 0 Å². The summed E-state index contributed by atoms with van der Waals surface area (Å²) in [5, 5.41) is 4.12. The van der Waals surface area contributed by atoms with Crippen LogP contribution in [0, 0.1) is 0 Å². The van der Waals surface area contributed by atoms with Crippen LogP contribution < -0.4 is 37.6 Å². The molecule has 0 aliphatic heterocycles. The van der Waals surface area contributed by atoms with Gasteiger partial charge in [0.05, 0.1) is 13.3 Å². The Morgan fingerprint density at radius 2 is 1.17 bits per heavy atom. The van der Waals surface area contributed by atoms with E-state index < -0.39 is 7.26 Å². The van der Waals surface area contributed by atoms with E-state index >= 15 is 0 Å². The topological polar surface area (TPSA) is 9.23 Å². The van der Waals surface area contributed by atoms with E-state index in [2.05, 4.69) is 85.8 Å². The molecule has 0 heterocycles. The SMILES string of the molecule is CC[P+](c1ccccc1)(c1ccccc1)c1ccccc1OC.[Br-]. The van der Waals surface area contributed by atoms with E-state index in [1.807, 2.05) is 6.07 Å². The Morgan fingerprint density at radius 1 is 0.708 bits per heavy atom. The van der Waals surface area contributed by atoms with E-state index in [0.29, 0.717) is 0 Å². The molecule has 0 bridgehead atoms. The number of halogens is 1. The van der Waals surface area contributed by atoms with Gasteiger partial charge in [-0.15, -0.1) is 0 Å². The molecule has 0 saturated heterocycles. The molecule has 1 nitrogen and oxygen atoms in total. The Kier molecular flexibility index (Phi) is 6.60. The zero-order valence-electron chi connectivity index (χ0n) is 14.0. The van der Waals surface area contributed by atoms with E-state index in [1.54, 1.807) is 7.11 Å². The first kappa shape index (κ1) is 18.7. The summed E-state index contributed by atoms with van der Waals surface area (Å²) in [6, 6.07) is 30.2. The molecule has 0 radical (unpaired) electrons. The average molecular weight is 401 g/mol. The molecule has 124 valence electrons. The Hall–Kier alpha value is -1.63. The molecule has 3 rings (SSSR count). The van der Waals surface area contributed by atoms with Gasteiger partial charge in [0.15, 0.2) is 5.75 Å². The summed E-state index contributed by atoms with van der Waals surface area (Å²) in [5.74, 6) is 0.982. The summed E-state index contributed by atoms with van der Waals surface area (Å²) < 4.78 is 5.72. The first-order valence-electron chi connectivity index (χ1n) is 7.96. The zero-order chi connectivity index (χ0) is 16.1. The molecule has 0 atom stereocenters. The van der Waals surface area contributed by atoms with Crippen molar-refractivity contribution in [1.29, 1.82) is 0 Å². The molecule has 3 heteroatoms. The molecule has 0 aliphatic carbocycles. The van der Waals surface area contributed by atoms with Crippen LogP contribution in [0.3, 0.4) is 0 Å². The number of ether oxygens (including phenoxy) is 1. The third kappa shape index (κ3) is 3.27. The standard InChI is InChI=1S/C21H22OP.BrH/c1-3-23(18-12-6-4-7-13-18,19-14-8-5-9-15-19)21-17-11-10-16-20(21)22-2;/h4-17H,3H2,1-2H3;1H/q+1;/p-1. The number of rotatable bonds is 5. The van der Waals surface area contributed by atoms with Crippen LogP contribution in [0.5, 0.6) is 5.75 Å². The molecule has 24 heavy (non-hydrogen) atoms. The van der Waals surface area contributed by atoms with E-state index in [9.17, 15) is 0 Å². The first-order valence-corrected chi connectivity index (χ1v) is 9.93. The summed E-state index contributed by atoms with van der Waals surface area (Å²) in [6.07, 6.45) is 1.07. The largest absolute Gasteiger partial charge is 1.00 e. The molecular weight excluding hydrogens is 379 g/mol. The minimum Gasteiger partial charge on any atom is -1.00 e. The van der Waals surface area contributed by atoms with Crippen LogP contribution in [0.2, 0.25) is 0 Å². The predicted octanol–water partition coefficient (Wildman–Crippen LogP) is 1.01. The lowest BCUT2D eigenvalue weighted by molar-refractivity contribution is -0.00000482. The highest BCUT2D eigenvalue weighted by atomic mass is 79.9. The minimum absolute atomic E-state index is 0. The average Bonchev–Trinajstić information content (AvgIpc) is 2.65. The van der Waals surface area contributed by atoms with Gasteiger partial charge < -0.3 is 21.7 Å². The molecule has 0 saturated carbocycles. The molecule has 0 amide bonds. The van der Waals surface area contributed by atoms with Gasteiger partial charge in [-0.25, -0.2) is 0 Å².